The molecule has 0 aliphatic carbocycles. The van der Waals surface area contributed by atoms with Crippen LogP contribution < -0.4 is 11.3 Å². The monoisotopic (exact) mass is 268 g/mol. The summed E-state index contributed by atoms with van der Waals surface area (Å²) in [7, 11) is 1.85. The lowest BCUT2D eigenvalue weighted by Crippen LogP contribution is -2.29. The molecule has 20 heavy (non-hydrogen) atoms. The van der Waals surface area contributed by atoms with Gasteiger partial charge >= 0.3 is 0 Å². The number of aryl methyl sites for hydroxylation is 1. The van der Waals surface area contributed by atoms with Crippen LogP contribution in [0, 0.1) is 0 Å². The third kappa shape index (κ3) is 2.38. The fourth-order valence-corrected chi connectivity index (χ4v) is 2.38. The number of hydrogen-bond acceptors (Lipinski definition) is 5. The van der Waals surface area contributed by atoms with E-state index < -0.39 is 0 Å². The summed E-state index contributed by atoms with van der Waals surface area (Å²) in [5.74, 6) is 5.73. The van der Waals surface area contributed by atoms with E-state index in [4.69, 9.17) is 5.84 Å². The molecule has 0 fully saturated rings. The van der Waals surface area contributed by atoms with Gasteiger partial charge in [-0.2, -0.15) is 0 Å². The molecule has 0 spiro atoms. The van der Waals surface area contributed by atoms with E-state index in [9.17, 15) is 0 Å². The summed E-state index contributed by atoms with van der Waals surface area (Å²) in [5.41, 5.74) is 5.84. The van der Waals surface area contributed by atoms with Crippen molar-refractivity contribution in [1.82, 2.24) is 25.4 Å². The molecular formula is C14H16N6. The predicted octanol–water partition coefficient (Wildman–Crippen LogP) is 1.11. The summed E-state index contributed by atoms with van der Waals surface area (Å²) >= 11 is 0. The average Bonchev–Trinajstić information content (AvgIpc) is 2.89. The van der Waals surface area contributed by atoms with Gasteiger partial charge in [0.15, 0.2) is 0 Å². The van der Waals surface area contributed by atoms with Gasteiger partial charge in [0.25, 0.3) is 0 Å². The van der Waals surface area contributed by atoms with Crippen molar-refractivity contribution in [1.29, 1.82) is 0 Å². The number of nitrogens with zero attached hydrogens (tertiary/aromatic N) is 4. The molecule has 3 N–H and O–H groups in total. The summed E-state index contributed by atoms with van der Waals surface area (Å²) in [5, 5.41) is 9.16. The van der Waals surface area contributed by atoms with Crippen LogP contribution in [0.1, 0.15) is 17.3 Å². The Labute approximate surface area is 116 Å². The van der Waals surface area contributed by atoms with E-state index in [-0.39, 0.29) is 6.04 Å². The van der Waals surface area contributed by atoms with Crippen molar-refractivity contribution in [3.63, 3.8) is 0 Å². The maximum atomic E-state index is 5.73. The average molecular weight is 268 g/mol. The van der Waals surface area contributed by atoms with Gasteiger partial charge in [0.05, 0.1) is 17.3 Å². The van der Waals surface area contributed by atoms with E-state index in [1.807, 2.05) is 37.5 Å². The van der Waals surface area contributed by atoms with Crippen molar-refractivity contribution in [2.75, 3.05) is 0 Å². The minimum atomic E-state index is -0.0281. The van der Waals surface area contributed by atoms with Crippen molar-refractivity contribution in [3.8, 4) is 0 Å². The number of rotatable bonds is 4. The highest BCUT2D eigenvalue weighted by Gasteiger charge is 2.15. The van der Waals surface area contributed by atoms with E-state index in [0.29, 0.717) is 6.42 Å². The summed E-state index contributed by atoms with van der Waals surface area (Å²) in [6, 6.07) is 9.99. The molecule has 2 heterocycles. The second-order valence-corrected chi connectivity index (χ2v) is 4.72. The van der Waals surface area contributed by atoms with Gasteiger partial charge in [0.2, 0.25) is 0 Å². The number of aromatic nitrogens is 4. The first-order valence-corrected chi connectivity index (χ1v) is 6.43. The van der Waals surface area contributed by atoms with Crippen molar-refractivity contribution in [3.05, 3.63) is 54.0 Å². The molecule has 102 valence electrons. The van der Waals surface area contributed by atoms with Gasteiger partial charge in [0, 0.05) is 31.2 Å². The van der Waals surface area contributed by atoms with Crippen LogP contribution in [0.4, 0.5) is 0 Å². The number of nitrogens with one attached hydrogen (secondary N) is 1. The number of fused-ring (bicyclic) bond motifs is 1. The first-order chi connectivity index (χ1) is 9.78. The standard InChI is InChI=1S/C14H16N6/c1-20-9-10(18-19-20)8-14(17-15)12-6-7-16-13-5-3-2-4-11(12)13/h2-7,9,14,17H,8,15H2,1H3. The van der Waals surface area contributed by atoms with Gasteiger partial charge < -0.3 is 0 Å². The summed E-state index contributed by atoms with van der Waals surface area (Å²) in [6.07, 6.45) is 4.38. The van der Waals surface area contributed by atoms with E-state index in [1.54, 1.807) is 10.9 Å². The quantitative estimate of drug-likeness (QED) is 0.547. The predicted molar refractivity (Wildman–Crippen MR) is 76.5 cm³/mol. The van der Waals surface area contributed by atoms with E-state index in [1.165, 1.54) is 0 Å². The maximum Gasteiger partial charge on any atom is 0.0846 e. The third-order valence-electron chi connectivity index (χ3n) is 3.32. The van der Waals surface area contributed by atoms with Gasteiger partial charge in [0.1, 0.15) is 0 Å². The van der Waals surface area contributed by atoms with Crippen molar-refractivity contribution in [2.24, 2.45) is 12.9 Å². The van der Waals surface area contributed by atoms with Crippen molar-refractivity contribution >= 4 is 10.9 Å². The fourth-order valence-electron chi connectivity index (χ4n) is 2.38. The molecule has 1 unspecified atom stereocenters. The van der Waals surface area contributed by atoms with Crippen molar-refractivity contribution in [2.45, 2.75) is 12.5 Å². The number of benzene rings is 1. The lowest BCUT2D eigenvalue weighted by atomic mass is 9.99. The molecule has 1 aromatic carbocycles. The molecule has 0 amide bonds. The van der Waals surface area contributed by atoms with E-state index in [0.717, 1.165) is 22.2 Å². The lowest BCUT2D eigenvalue weighted by molar-refractivity contribution is 0.548. The lowest BCUT2D eigenvalue weighted by Gasteiger charge is -2.16. The molecule has 1 atom stereocenters. The minimum absolute atomic E-state index is 0.0281. The Bertz CT molecular complexity index is 715. The zero-order chi connectivity index (χ0) is 13.9. The Morgan fingerprint density at radius 2 is 2.15 bits per heavy atom. The Hall–Kier alpha value is -2.31. The highest BCUT2D eigenvalue weighted by atomic mass is 15.4. The minimum Gasteiger partial charge on any atom is -0.271 e. The van der Waals surface area contributed by atoms with Gasteiger partial charge in [-0.15, -0.1) is 5.10 Å². The van der Waals surface area contributed by atoms with Gasteiger partial charge in [-0.05, 0) is 17.7 Å². The van der Waals surface area contributed by atoms with Crippen LogP contribution in [0.2, 0.25) is 0 Å². The van der Waals surface area contributed by atoms with Crippen LogP contribution in [0.25, 0.3) is 10.9 Å². The molecule has 2 aromatic heterocycles. The normalized spacial score (nSPS) is 12.7. The maximum absolute atomic E-state index is 5.73. The Morgan fingerprint density at radius 1 is 1.30 bits per heavy atom. The van der Waals surface area contributed by atoms with Crippen LogP contribution in [-0.2, 0) is 13.5 Å². The first-order valence-electron chi connectivity index (χ1n) is 6.43. The largest absolute Gasteiger partial charge is 0.271 e. The van der Waals surface area contributed by atoms with E-state index in [2.05, 4.69) is 26.8 Å². The highest BCUT2D eigenvalue weighted by Crippen LogP contribution is 2.24. The second-order valence-electron chi connectivity index (χ2n) is 4.72. The number of hydrazine groups is 1. The van der Waals surface area contributed by atoms with Crippen LogP contribution in [0.3, 0.4) is 0 Å². The van der Waals surface area contributed by atoms with Gasteiger partial charge in [-0.3, -0.25) is 20.9 Å². The zero-order valence-electron chi connectivity index (χ0n) is 11.2. The number of pyridine rings is 1. The fraction of sp³-hybridized carbons (Fsp3) is 0.214. The molecule has 3 aromatic rings. The molecule has 6 heteroatoms. The number of para-hydroxylation sites is 1. The Kier molecular flexibility index (Phi) is 3.41. The molecule has 6 nitrogen and oxygen atoms in total. The number of nitrogens with two attached hydrogens (primary N) is 1. The molecule has 0 bridgehead atoms. The Balaban J connectivity index is 1.98. The van der Waals surface area contributed by atoms with Crippen molar-refractivity contribution < 1.29 is 0 Å². The molecule has 0 aliphatic rings. The second kappa shape index (κ2) is 5.36. The topological polar surface area (TPSA) is 81.7 Å². The van der Waals surface area contributed by atoms with Crippen LogP contribution >= 0.6 is 0 Å². The molecule has 3 rings (SSSR count). The number of hydrogen-bond donors (Lipinski definition) is 2. The SMILES string of the molecule is Cn1cc(CC(NN)c2ccnc3ccccc23)nn1. The summed E-state index contributed by atoms with van der Waals surface area (Å²) in [4.78, 5) is 4.37. The van der Waals surface area contributed by atoms with Gasteiger partial charge in [-0.1, -0.05) is 23.4 Å². The van der Waals surface area contributed by atoms with Crippen LogP contribution in [0.15, 0.2) is 42.7 Å². The first kappa shape index (κ1) is 12.7. The zero-order valence-corrected chi connectivity index (χ0v) is 11.2. The Morgan fingerprint density at radius 3 is 2.90 bits per heavy atom. The summed E-state index contributed by atoms with van der Waals surface area (Å²) in [6.45, 7) is 0. The van der Waals surface area contributed by atoms with Gasteiger partial charge in [-0.25, -0.2) is 0 Å². The molecule has 0 saturated carbocycles. The molecule has 0 saturated heterocycles. The molecule has 0 aliphatic heterocycles. The smallest absolute Gasteiger partial charge is 0.0846 e. The highest BCUT2D eigenvalue weighted by molar-refractivity contribution is 5.82. The van der Waals surface area contributed by atoms with E-state index >= 15 is 0 Å². The summed E-state index contributed by atoms with van der Waals surface area (Å²) < 4.78 is 1.69. The molecular weight excluding hydrogens is 252 g/mol. The van der Waals surface area contributed by atoms with Crippen LogP contribution in [-0.4, -0.2) is 20.0 Å². The van der Waals surface area contributed by atoms with Crippen LogP contribution in [0.5, 0.6) is 0 Å². The molecule has 0 radical (unpaired) electrons. The third-order valence-corrected chi connectivity index (χ3v) is 3.32.